The van der Waals surface area contributed by atoms with E-state index >= 15 is 0 Å². The monoisotopic (exact) mass is 512 g/mol. The first-order chi connectivity index (χ1) is 15.2. The van der Waals surface area contributed by atoms with E-state index in [9.17, 15) is 13.2 Å². The first kappa shape index (κ1) is 24.4. The minimum Gasteiger partial charge on any atom is -0.482 e. The Morgan fingerprint density at radius 1 is 0.969 bits per heavy atom. The minimum absolute atomic E-state index is 0.0206. The second kappa shape index (κ2) is 10.6. The molecule has 0 aliphatic heterocycles. The van der Waals surface area contributed by atoms with Crippen LogP contribution in [0.5, 0.6) is 5.75 Å². The van der Waals surface area contributed by atoms with Crippen molar-refractivity contribution in [3.63, 3.8) is 0 Å². The van der Waals surface area contributed by atoms with Crippen molar-refractivity contribution in [3.05, 3.63) is 87.4 Å². The van der Waals surface area contributed by atoms with E-state index in [0.717, 1.165) is 5.56 Å². The number of anilines is 1. The predicted octanol–water partition coefficient (Wildman–Crippen LogP) is 5.70. The van der Waals surface area contributed by atoms with Crippen LogP contribution in [-0.2, 0) is 14.8 Å². The molecule has 0 aromatic heterocycles. The largest absolute Gasteiger partial charge is 0.482 e. The molecule has 0 unspecified atom stereocenters. The number of hydrogen-bond acceptors (Lipinski definition) is 4. The maximum atomic E-state index is 12.7. The third-order valence-corrected chi connectivity index (χ3v) is 7.08. The lowest BCUT2D eigenvalue weighted by Crippen LogP contribution is -2.27. The summed E-state index contributed by atoms with van der Waals surface area (Å²) in [7, 11) is -3.82. The molecule has 0 heterocycles. The van der Waals surface area contributed by atoms with Crippen molar-refractivity contribution in [2.24, 2.45) is 0 Å². The molecule has 0 aliphatic rings. The minimum atomic E-state index is -3.82. The molecule has 0 bridgehead atoms. The molecule has 0 saturated carbocycles. The van der Waals surface area contributed by atoms with Gasteiger partial charge in [0.15, 0.2) is 6.61 Å². The van der Waals surface area contributed by atoms with Crippen LogP contribution in [0.15, 0.2) is 71.6 Å². The average Bonchev–Trinajstić information content (AvgIpc) is 2.76. The number of carbonyl (C=O) groups is 1. The van der Waals surface area contributed by atoms with Crippen LogP contribution in [0.1, 0.15) is 18.5 Å². The Morgan fingerprint density at radius 2 is 1.69 bits per heavy atom. The number of halogens is 3. The zero-order valence-corrected chi connectivity index (χ0v) is 19.9. The summed E-state index contributed by atoms with van der Waals surface area (Å²) in [6.07, 6.45) is 0. The van der Waals surface area contributed by atoms with Crippen LogP contribution in [0.25, 0.3) is 0 Å². The lowest BCUT2D eigenvalue weighted by Gasteiger charge is -2.15. The Kier molecular flexibility index (Phi) is 8.03. The SMILES string of the molecule is C[C@H](NS(=O)(=O)c1ccc(OCC(=O)Nc2cccc(Cl)c2Cl)c(Cl)c1)c1ccccc1. The number of hydrogen-bond donors (Lipinski definition) is 2. The Labute approximate surface area is 201 Å². The van der Waals surface area contributed by atoms with Gasteiger partial charge in [0.25, 0.3) is 5.91 Å². The molecule has 3 aromatic rings. The molecule has 3 aromatic carbocycles. The van der Waals surface area contributed by atoms with Crippen molar-refractivity contribution in [1.82, 2.24) is 4.72 Å². The zero-order chi connectivity index (χ0) is 23.3. The van der Waals surface area contributed by atoms with E-state index in [4.69, 9.17) is 39.5 Å². The van der Waals surface area contributed by atoms with Gasteiger partial charge in [0.05, 0.1) is 25.7 Å². The first-order valence-electron chi connectivity index (χ1n) is 9.41. The Morgan fingerprint density at radius 3 is 2.38 bits per heavy atom. The van der Waals surface area contributed by atoms with Crippen LogP contribution in [-0.4, -0.2) is 20.9 Å². The lowest BCUT2D eigenvalue weighted by molar-refractivity contribution is -0.118. The molecule has 2 N–H and O–H groups in total. The summed E-state index contributed by atoms with van der Waals surface area (Å²) in [5, 5.41) is 3.16. The van der Waals surface area contributed by atoms with E-state index in [1.807, 2.05) is 30.3 Å². The highest BCUT2D eigenvalue weighted by Gasteiger charge is 2.20. The van der Waals surface area contributed by atoms with Crippen molar-refractivity contribution in [2.75, 3.05) is 11.9 Å². The van der Waals surface area contributed by atoms with Crippen LogP contribution in [0.2, 0.25) is 15.1 Å². The molecule has 1 amide bonds. The number of rotatable bonds is 8. The van der Waals surface area contributed by atoms with E-state index in [1.54, 1.807) is 25.1 Å². The summed E-state index contributed by atoms with van der Waals surface area (Å²) in [6.45, 7) is 1.38. The molecular formula is C22H19Cl3N2O4S. The Balaban J connectivity index is 1.64. The first-order valence-corrected chi connectivity index (χ1v) is 12.0. The maximum Gasteiger partial charge on any atom is 0.262 e. The average molecular weight is 514 g/mol. The van der Waals surface area contributed by atoms with Gasteiger partial charge in [-0.1, -0.05) is 71.2 Å². The standard InChI is InChI=1S/C22H19Cl3N2O4S/c1-14(15-6-3-2-4-7-15)27-32(29,30)16-10-11-20(18(24)12-16)31-13-21(28)26-19-9-5-8-17(23)22(19)25/h2-12,14,27H,13H2,1H3,(H,26,28)/t14-/m0/s1. The fourth-order valence-electron chi connectivity index (χ4n) is 2.81. The van der Waals surface area contributed by atoms with Gasteiger partial charge in [-0.25, -0.2) is 13.1 Å². The van der Waals surface area contributed by atoms with Crippen LogP contribution in [0.4, 0.5) is 5.69 Å². The van der Waals surface area contributed by atoms with Crippen LogP contribution in [0, 0.1) is 0 Å². The second-order valence-corrected chi connectivity index (χ2v) is 9.69. The molecule has 3 rings (SSSR count). The second-order valence-electron chi connectivity index (χ2n) is 6.78. The van der Waals surface area contributed by atoms with E-state index in [-0.39, 0.29) is 27.3 Å². The van der Waals surface area contributed by atoms with Crippen LogP contribution >= 0.6 is 34.8 Å². The number of ether oxygens (including phenoxy) is 1. The van der Waals surface area contributed by atoms with E-state index in [1.165, 1.54) is 18.2 Å². The summed E-state index contributed by atoms with van der Waals surface area (Å²) in [5.41, 5.74) is 1.17. The number of sulfonamides is 1. The number of amides is 1. The van der Waals surface area contributed by atoms with Gasteiger partial charge in [-0.3, -0.25) is 4.79 Å². The van der Waals surface area contributed by atoms with Crippen molar-refractivity contribution >= 4 is 56.4 Å². The highest BCUT2D eigenvalue weighted by Crippen LogP contribution is 2.30. The third-order valence-electron chi connectivity index (χ3n) is 4.43. The van der Waals surface area contributed by atoms with Gasteiger partial charge < -0.3 is 10.1 Å². The molecule has 32 heavy (non-hydrogen) atoms. The molecule has 6 nitrogen and oxygen atoms in total. The zero-order valence-electron chi connectivity index (χ0n) is 16.8. The molecule has 1 atom stereocenters. The van der Waals surface area contributed by atoms with Crippen molar-refractivity contribution < 1.29 is 17.9 Å². The molecule has 0 fully saturated rings. The normalized spacial score (nSPS) is 12.2. The molecule has 0 saturated heterocycles. The fraction of sp³-hybridized carbons (Fsp3) is 0.136. The Bertz CT molecular complexity index is 1220. The van der Waals surface area contributed by atoms with Crippen molar-refractivity contribution in [1.29, 1.82) is 0 Å². The number of nitrogens with one attached hydrogen (secondary N) is 2. The molecule has 0 spiro atoms. The smallest absolute Gasteiger partial charge is 0.262 e. The summed E-state index contributed by atoms with van der Waals surface area (Å²) in [5.74, 6) is -0.325. The topological polar surface area (TPSA) is 84.5 Å². The van der Waals surface area contributed by atoms with Gasteiger partial charge in [-0.05, 0) is 42.8 Å². The summed E-state index contributed by atoms with van der Waals surface area (Å²) in [6, 6.07) is 17.6. The number of benzene rings is 3. The van der Waals surface area contributed by atoms with Gasteiger partial charge in [0.2, 0.25) is 10.0 Å². The number of carbonyl (C=O) groups excluding carboxylic acids is 1. The fourth-order valence-corrected chi connectivity index (χ4v) is 4.71. The summed E-state index contributed by atoms with van der Waals surface area (Å²) in [4.78, 5) is 12.1. The summed E-state index contributed by atoms with van der Waals surface area (Å²) < 4.78 is 33.5. The quantitative estimate of drug-likeness (QED) is 0.404. The van der Waals surface area contributed by atoms with Gasteiger partial charge in [0, 0.05) is 6.04 Å². The lowest BCUT2D eigenvalue weighted by atomic mass is 10.1. The van der Waals surface area contributed by atoms with Crippen LogP contribution in [0.3, 0.4) is 0 Å². The van der Waals surface area contributed by atoms with Gasteiger partial charge in [0.1, 0.15) is 5.75 Å². The van der Waals surface area contributed by atoms with E-state index in [2.05, 4.69) is 10.0 Å². The molecule has 0 aliphatic carbocycles. The molecular weight excluding hydrogens is 495 g/mol. The van der Waals surface area contributed by atoms with Gasteiger partial charge in [-0.15, -0.1) is 0 Å². The third kappa shape index (κ3) is 6.15. The maximum absolute atomic E-state index is 12.7. The summed E-state index contributed by atoms with van der Waals surface area (Å²) >= 11 is 18.2. The predicted molar refractivity (Wildman–Crippen MR) is 127 cm³/mol. The van der Waals surface area contributed by atoms with Crippen LogP contribution < -0.4 is 14.8 Å². The van der Waals surface area contributed by atoms with Crippen molar-refractivity contribution in [3.8, 4) is 5.75 Å². The van der Waals surface area contributed by atoms with Gasteiger partial charge >= 0.3 is 0 Å². The molecule has 0 radical (unpaired) electrons. The van der Waals surface area contributed by atoms with Crippen molar-refractivity contribution in [2.45, 2.75) is 17.9 Å². The van der Waals surface area contributed by atoms with Gasteiger partial charge in [-0.2, -0.15) is 0 Å². The van der Waals surface area contributed by atoms with E-state index in [0.29, 0.717) is 10.7 Å². The highest BCUT2D eigenvalue weighted by atomic mass is 35.5. The molecule has 10 heteroatoms. The molecule has 168 valence electrons. The van der Waals surface area contributed by atoms with E-state index < -0.39 is 22.0 Å². The highest BCUT2D eigenvalue weighted by molar-refractivity contribution is 7.89. The Hall–Kier alpha value is -2.29.